The Morgan fingerprint density at radius 1 is 1.04 bits per heavy atom. The SMILES string of the molecule is NC(=O)c1c(C(=O)NC2CCC(NC(=O)O)CC2)noc1C1CC1. The zero-order valence-corrected chi connectivity index (χ0v) is 13.1. The Morgan fingerprint density at radius 3 is 2.12 bits per heavy atom. The van der Waals surface area contributed by atoms with Crippen LogP contribution in [0.15, 0.2) is 4.52 Å². The number of carboxylic acid groups (broad SMARTS) is 1. The average molecular weight is 336 g/mol. The van der Waals surface area contributed by atoms with Crippen LogP contribution in [0.1, 0.15) is 71.0 Å². The Kier molecular flexibility index (Phi) is 4.41. The molecule has 0 aliphatic heterocycles. The Balaban J connectivity index is 1.62. The first-order chi connectivity index (χ1) is 11.5. The predicted octanol–water partition coefficient (Wildman–Crippen LogP) is 0.959. The van der Waals surface area contributed by atoms with E-state index < -0.39 is 17.9 Å². The molecule has 2 aliphatic carbocycles. The van der Waals surface area contributed by atoms with E-state index in [1.54, 1.807) is 0 Å². The molecule has 1 aromatic rings. The Hall–Kier alpha value is -2.58. The minimum atomic E-state index is -1.04. The number of carbonyl (C=O) groups is 3. The van der Waals surface area contributed by atoms with Gasteiger partial charge in [0, 0.05) is 18.0 Å². The van der Waals surface area contributed by atoms with Crippen molar-refractivity contribution in [3.05, 3.63) is 17.0 Å². The highest BCUT2D eigenvalue weighted by Gasteiger charge is 2.36. The molecule has 9 heteroatoms. The third-order valence-corrected chi connectivity index (χ3v) is 4.52. The van der Waals surface area contributed by atoms with Gasteiger partial charge in [-0.25, -0.2) is 4.79 Å². The van der Waals surface area contributed by atoms with Gasteiger partial charge in [0.15, 0.2) is 11.5 Å². The van der Waals surface area contributed by atoms with E-state index in [-0.39, 0.29) is 29.3 Å². The van der Waals surface area contributed by atoms with Gasteiger partial charge in [-0.2, -0.15) is 0 Å². The second-order valence-corrected chi connectivity index (χ2v) is 6.38. The fraction of sp³-hybridized carbons (Fsp3) is 0.600. The molecular formula is C15H20N4O5. The van der Waals surface area contributed by atoms with E-state index in [0.717, 1.165) is 12.8 Å². The van der Waals surface area contributed by atoms with E-state index in [2.05, 4.69) is 15.8 Å². The molecule has 1 aromatic heterocycles. The van der Waals surface area contributed by atoms with Gasteiger partial charge in [0.2, 0.25) is 0 Å². The van der Waals surface area contributed by atoms with E-state index in [1.807, 2.05) is 0 Å². The van der Waals surface area contributed by atoms with Crippen LogP contribution in [0.25, 0.3) is 0 Å². The fourth-order valence-electron chi connectivity index (χ4n) is 3.13. The number of aromatic nitrogens is 1. The summed E-state index contributed by atoms with van der Waals surface area (Å²) < 4.78 is 5.17. The van der Waals surface area contributed by atoms with Gasteiger partial charge in [-0.3, -0.25) is 9.59 Å². The predicted molar refractivity (Wildman–Crippen MR) is 81.7 cm³/mol. The largest absolute Gasteiger partial charge is 0.465 e. The summed E-state index contributed by atoms with van der Waals surface area (Å²) >= 11 is 0. The van der Waals surface area contributed by atoms with Gasteiger partial charge in [0.05, 0.1) is 0 Å². The number of hydrogen-bond donors (Lipinski definition) is 4. The Morgan fingerprint density at radius 2 is 1.62 bits per heavy atom. The summed E-state index contributed by atoms with van der Waals surface area (Å²) in [5.74, 6) is -0.659. The molecule has 0 unspecified atom stereocenters. The van der Waals surface area contributed by atoms with Crippen LogP contribution in [0.5, 0.6) is 0 Å². The average Bonchev–Trinajstić information content (AvgIpc) is 3.26. The van der Waals surface area contributed by atoms with Gasteiger partial charge < -0.3 is 26.0 Å². The van der Waals surface area contributed by atoms with Crippen LogP contribution in [0.2, 0.25) is 0 Å². The minimum absolute atomic E-state index is 0.0600. The monoisotopic (exact) mass is 336 g/mol. The highest BCUT2D eigenvalue weighted by Crippen LogP contribution is 2.42. The topological polar surface area (TPSA) is 148 Å². The maximum absolute atomic E-state index is 12.4. The molecule has 2 aliphatic rings. The van der Waals surface area contributed by atoms with E-state index >= 15 is 0 Å². The molecule has 2 fully saturated rings. The maximum Gasteiger partial charge on any atom is 0.404 e. The third kappa shape index (κ3) is 3.50. The summed E-state index contributed by atoms with van der Waals surface area (Å²) in [4.78, 5) is 34.7. The molecule has 3 amide bonds. The molecule has 3 rings (SSSR count). The summed E-state index contributed by atoms with van der Waals surface area (Å²) in [7, 11) is 0. The van der Waals surface area contributed by atoms with Crippen LogP contribution in [0, 0.1) is 0 Å². The van der Waals surface area contributed by atoms with Crippen molar-refractivity contribution in [2.45, 2.75) is 56.5 Å². The van der Waals surface area contributed by atoms with Crippen molar-refractivity contribution in [3.63, 3.8) is 0 Å². The number of carbonyl (C=O) groups excluding carboxylic acids is 2. The standard InChI is InChI=1S/C15H20N4O5/c16-13(20)10-11(19-24-12(10)7-1-2-7)14(21)17-8-3-5-9(6-4-8)18-15(22)23/h7-9,18H,1-6H2,(H2,16,20)(H,17,21)(H,22,23). The number of primary amides is 1. The lowest BCUT2D eigenvalue weighted by Gasteiger charge is -2.28. The molecule has 2 saturated carbocycles. The first-order valence-corrected chi connectivity index (χ1v) is 8.05. The third-order valence-electron chi connectivity index (χ3n) is 4.52. The van der Waals surface area contributed by atoms with Crippen molar-refractivity contribution in [2.75, 3.05) is 0 Å². The molecule has 0 bridgehead atoms. The fourth-order valence-corrected chi connectivity index (χ4v) is 3.13. The van der Waals surface area contributed by atoms with Gasteiger partial charge in [-0.05, 0) is 38.5 Å². The van der Waals surface area contributed by atoms with Gasteiger partial charge in [-0.15, -0.1) is 0 Å². The number of nitrogens with zero attached hydrogens (tertiary/aromatic N) is 1. The normalized spacial score (nSPS) is 23.5. The molecule has 9 nitrogen and oxygen atoms in total. The van der Waals surface area contributed by atoms with Crippen LogP contribution in [-0.2, 0) is 0 Å². The van der Waals surface area contributed by atoms with Crippen molar-refractivity contribution in [3.8, 4) is 0 Å². The van der Waals surface area contributed by atoms with Gasteiger partial charge in [0.1, 0.15) is 5.56 Å². The second kappa shape index (κ2) is 6.50. The number of rotatable bonds is 5. The van der Waals surface area contributed by atoms with E-state index in [9.17, 15) is 14.4 Å². The summed E-state index contributed by atoms with van der Waals surface area (Å²) in [6, 6.07) is -0.184. The maximum atomic E-state index is 12.4. The molecule has 0 saturated heterocycles. The summed E-state index contributed by atoms with van der Waals surface area (Å²) in [6.45, 7) is 0. The van der Waals surface area contributed by atoms with Crippen molar-refractivity contribution in [1.82, 2.24) is 15.8 Å². The summed E-state index contributed by atoms with van der Waals surface area (Å²) in [5.41, 5.74) is 5.40. The van der Waals surface area contributed by atoms with Crippen LogP contribution >= 0.6 is 0 Å². The molecule has 1 heterocycles. The molecule has 5 N–H and O–H groups in total. The van der Waals surface area contributed by atoms with Crippen molar-refractivity contribution < 1.29 is 24.0 Å². The second-order valence-electron chi connectivity index (χ2n) is 6.38. The highest BCUT2D eigenvalue weighted by molar-refractivity contribution is 6.06. The molecule has 0 aromatic carbocycles. The van der Waals surface area contributed by atoms with Gasteiger partial charge in [-0.1, -0.05) is 5.16 Å². The highest BCUT2D eigenvalue weighted by atomic mass is 16.5. The molecule has 24 heavy (non-hydrogen) atoms. The number of amides is 3. The zero-order chi connectivity index (χ0) is 17.3. The van der Waals surface area contributed by atoms with E-state index in [0.29, 0.717) is 31.4 Å². The number of hydrogen-bond acceptors (Lipinski definition) is 5. The number of nitrogens with one attached hydrogen (secondary N) is 2. The number of nitrogens with two attached hydrogens (primary N) is 1. The Labute approximate surface area is 137 Å². The van der Waals surface area contributed by atoms with E-state index in [1.165, 1.54) is 0 Å². The van der Waals surface area contributed by atoms with Gasteiger partial charge in [0.25, 0.3) is 11.8 Å². The molecule has 0 spiro atoms. The quantitative estimate of drug-likeness (QED) is 0.629. The van der Waals surface area contributed by atoms with Crippen LogP contribution < -0.4 is 16.4 Å². The van der Waals surface area contributed by atoms with Crippen molar-refractivity contribution >= 4 is 17.9 Å². The lowest BCUT2D eigenvalue weighted by molar-refractivity contribution is 0.0903. The molecule has 0 atom stereocenters. The Bertz CT molecular complexity index is 659. The molecular weight excluding hydrogens is 316 g/mol. The lowest BCUT2D eigenvalue weighted by atomic mass is 9.91. The smallest absolute Gasteiger partial charge is 0.404 e. The van der Waals surface area contributed by atoms with Crippen LogP contribution in [0.4, 0.5) is 4.79 Å². The molecule has 0 radical (unpaired) electrons. The molecule has 130 valence electrons. The summed E-state index contributed by atoms with van der Waals surface area (Å²) in [5, 5.41) is 17.7. The first-order valence-electron chi connectivity index (χ1n) is 8.05. The van der Waals surface area contributed by atoms with E-state index in [4.69, 9.17) is 15.4 Å². The first kappa shape index (κ1) is 16.3. The van der Waals surface area contributed by atoms with Crippen molar-refractivity contribution in [2.24, 2.45) is 5.73 Å². The zero-order valence-electron chi connectivity index (χ0n) is 13.1. The van der Waals surface area contributed by atoms with Gasteiger partial charge >= 0.3 is 6.09 Å². The van der Waals surface area contributed by atoms with Crippen LogP contribution in [-0.4, -0.2) is 40.3 Å². The lowest BCUT2D eigenvalue weighted by Crippen LogP contribution is -2.43. The minimum Gasteiger partial charge on any atom is -0.465 e. The summed E-state index contributed by atoms with van der Waals surface area (Å²) in [6.07, 6.45) is 3.35. The van der Waals surface area contributed by atoms with Crippen molar-refractivity contribution in [1.29, 1.82) is 0 Å². The van der Waals surface area contributed by atoms with Crippen LogP contribution in [0.3, 0.4) is 0 Å².